The summed E-state index contributed by atoms with van der Waals surface area (Å²) in [7, 11) is 1.96. The van der Waals surface area contributed by atoms with E-state index >= 15 is 0 Å². The largest absolute Gasteiger partial charge is 0.337 e. The Morgan fingerprint density at radius 2 is 1.78 bits per heavy atom. The molecule has 3 heterocycles. The van der Waals surface area contributed by atoms with Gasteiger partial charge in [0.1, 0.15) is 14.2 Å². The molecule has 5 rings (SSSR count). The minimum Gasteiger partial charge on any atom is -0.337 e. The zero-order valence-electron chi connectivity index (χ0n) is 17.6. The van der Waals surface area contributed by atoms with Crippen LogP contribution in [0.1, 0.15) is 13.8 Å². The number of nitrogens with zero attached hydrogens (tertiary/aromatic N) is 4. The molecule has 0 aliphatic carbocycles. The lowest BCUT2D eigenvalue weighted by Gasteiger charge is -2.11. The van der Waals surface area contributed by atoms with Crippen LogP contribution in [-0.2, 0) is 11.3 Å². The second-order valence-electron chi connectivity index (χ2n) is 7.37. The van der Waals surface area contributed by atoms with Gasteiger partial charge in [0.2, 0.25) is 0 Å². The van der Waals surface area contributed by atoms with E-state index in [0.717, 1.165) is 15.6 Å². The van der Waals surface area contributed by atoms with E-state index in [-0.39, 0.29) is 11.5 Å². The van der Waals surface area contributed by atoms with Gasteiger partial charge in [-0.2, -0.15) is 10.1 Å². The molecule has 0 fully saturated rings. The van der Waals surface area contributed by atoms with E-state index in [4.69, 9.17) is 11.6 Å². The number of halogens is 1. The second-order valence-corrected chi connectivity index (χ2v) is 9.84. The number of hydrazone groups is 1. The van der Waals surface area contributed by atoms with Crippen molar-refractivity contribution in [1.82, 2.24) is 4.57 Å². The lowest BCUT2D eigenvalue weighted by Crippen LogP contribution is -2.35. The summed E-state index contributed by atoms with van der Waals surface area (Å²) in [6.45, 7) is 4.17. The number of carbonyl (C=O) groups excluding carboxylic acids is 1. The van der Waals surface area contributed by atoms with Gasteiger partial charge < -0.3 is 4.90 Å². The summed E-state index contributed by atoms with van der Waals surface area (Å²) >= 11 is 8.92. The highest BCUT2D eigenvalue weighted by Crippen LogP contribution is 2.44. The first kappa shape index (κ1) is 21.1. The molecule has 2 aliphatic rings. The van der Waals surface area contributed by atoms with Gasteiger partial charge in [-0.05, 0) is 50.2 Å². The fourth-order valence-electron chi connectivity index (χ4n) is 3.83. The molecule has 0 radical (unpaired) electrons. The normalized spacial score (nSPS) is 19.0. The predicted molar refractivity (Wildman–Crippen MR) is 133 cm³/mol. The lowest BCUT2D eigenvalue weighted by molar-refractivity contribution is -0.112. The van der Waals surface area contributed by atoms with E-state index in [1.165, 1.54) is 16.3 Å². The fraction of sp³-hybridized carbons (Fsp3) is 0.174. The van der Waals surface area contributed by atoms with E-state index in [0.29, 0.717) is 37.7 Å². The number of aromatic nitrogens is 1. The lowest BCUT2D eigenvalue weighted by atomic mass is 10.2. The van der Waals surface area contributed by atoms with E-state index < -0.39 is 0 Å². The van der Waals surface area contributed by atoms with Crippen molar-refractivity contribution in [2.24, 2.45) is 5.10 Å². The molecule has 9 heteroatoms. The van der Waals surface area contributed by atoms with Gasteiger partial charge >= 0.3 is 0 Å². The number of para-hydroxylation sites is 1. The van der Waals surface area contributed by atoms with Crippen LogP contribution in [0, 0.1) is 0 Å². The quantitative estimate of drug-likeness (QED) is 0.561. The summed E-state index contributed by atoms with van der Waals surface area (Å²) in [4.78, 5) is 29.9. The Hall–Kier alpha value is -2.81. The van der Waals surface area contributed by atoms with E-state index in [9.17, 15) is 9.59 Å². The van der Waals surface area contributed by atoms with Crippen molar-refractivity contribution >= 4 is 68.3 Å². The SMILES string of the molecule is CCn1c(=O)/c(=C2\Sc3ccccc3N2C)s/c1=C1/C(=O)N(c2ccc(Cl)cc2)N=C1C. The van der Waals surface area contributed by atoms with Crippen molar-refractivity contribution in [2.75, 3.05) is 17.0 Å². The molecule has 0 spiro atoms. The molecule has 0 bridgehead atoms. The third kappa shape index (κ3) is 3.21. The Bertz CT molecular complexity index is 1470. The molecule has 3 aromatic rings. The molecule has 1 aromatic heterocycles. The Morgan fingerprint density at radius 1 is 1.06 bits per heavy atom. The first-order valence-electron chi connectivity index (χ1n) is 10.0. The van der Waals surface area contributed by atoms with Crippen molar-refractivity contribution in [2.45, 2.75) is 25.3 Å². The maximum atomic E-state index is 13.4. The molecule has 2 aromatic carbocycles. The summed E-state index contributed by atoms with van der Waals surface area (Å²) in [5.41, 5.74) is 2.65. The minimum absolute atomic E-state index is 0.0901. The van der Waals surface area contributed by atoms with Crippen LogP contribution in [0.2, 0.25) is 5.02 Å². The summed E-state index contributed by atoms with van der Waals surface area (Å²) in [6, 6.07) is 15.0. The summed E-state index contributed by atoms with van der Waals surface area (Å²) < 4.78 is 2.93. The van der Waals surface area contributed by atoms with E-state index in [2.05, 4.69) is 5.10 Å². The topological polar surface area (TPSA) is 57.9 Å². The number of thiazole rings is 1. The van der Waals surface area contributed by atoms with Crippen LogP contribution in [0.3, 0.4) is 0 Å². The molecular formula is C23H19ClN4O2S2. The molecular weight excluding hydrogens is 464 g/mol. The summed E-state index contributed by atoms with van der Waals surface area (Å²) in [6.07, 6.45) is 0. The Kier molecular flexibility index (Phi) is 5.23. The number of amides is 1. The van der Waals surface area contributed by atoms with E-state index in [1.54, 1.807) is 47.5 Å². The average molecular weight is 483 g/mol. The van der Waals surface area contributed by atoms with Crippen molar-refractivity contribution < 1.29 is 4.79 Å². The molecule has 0 unspecified atom stereocenters. The maximum Gasteiger partial charge on any atom is 0.283 e. The van der Waals surface area contributed by atoms with Crippen LogP contribution in [0.25, 0.3) is 10.6 Å². The Balaban J connectivity index is 1.71. The Morgan fingerprint density at radius 3 is 2.47 bits per heavy atom. The number of benzene rings is 2. The van der Waals surface area contributed by atoms with Gasteiger partial charge in [-0.3, -0.25) is 14.2 Å². The number of fused-ring (bicyclic) bond motifs is 1. The smallest absolute Gasteiger partial charge is 0.283 e. The van der Waals surface area contributed by atoms with E-state index in [1.807, 2.05) is 43.1 Å². The van der Waals surface area contributed by atoms with Gasteiger partial charge in [0.25, 0.3) is 11.5 Å². The van der Waals surface area contributed by atoms with Crippen molar-refractivity contribution in [3.8, 4) is 0 Å². The van der Waals surface area contributed by atoms with Gasteiger partial charge in [-0.25, -0.2) is 0 Å². The number of thioether (sulfide) groups is 1. The van der Waals surface area contributed by atoms with Gasteiger partial charge in [0, 0.05) is 23.5 Å². The van der Waals surface area contributed by atoms with Crippen LogP contribution in [0.5, 0.6) is 0 Å². The maximum absolute atomic E-state index is 13.4. The molecule has 162 valence electrons. The average Bonchev–Trinajstić information content (AvgIpc) is 3.39. The van der Waals surface area contributed by atoms with Crippen LogP contribution in [0.15, 0.2) is 63.3 Å². The van der Waals surface area contributed by atoms with Crippen LogP contribution in [0.4, 0.5) is 11.4 Å². The third-order valence-corrected chi connectivity index (χ3v) is 8.24. The molecule has 1 amide bonds. The van der Waals surface area contributed by atoms with Crippen LogP contribution in [-0.4, -0.2) is 23.2 Å². The highest BCUT2D eigenvalue weighted by Gasteiger charge is 2.32. The molecule has 6 nitrogen and oxygen atoms in total. The zero-order valence-corrected chi connectivity index (χ0v) is 20.0. The first-order valence-corrected chi connectivity index (χ1v) is 12.1. The van der Waals surface area contributed by atoms with Crippen molar-refractivity contribution in [1.29, 1.82) is 0 Å². The minimum atomic E-state index is -0.250. The predicted octanol–water partition coefficient (Wildman–Crippen LogP) is 3.46. The number of carbonyl (C=O) groups is 1. The van der Waals surface area contributed by atoms with Gasteiger partial charge in [0.05, 0.1) is 22.7 Å². The summed E-state index contributed by atoms with van der Waals surface area (Å²) in [5, 5.41) is 7.31. The van der Waals surface area contributed by atoms with Crippen molar-refractivity contribution in [3.05, 3.63) is 73.1 Å². The molecule has 0 N–H and O–H groups in total. The zero-order chi connectivity index (χ0) is 22.6. The van der Waals surface area contributed by atoms with Gasteiger partial charge in [-0.1, -0.05) is 35.5 Å². The highest BCUT2D eigenvalue weighted by atomic mass is 35.5. The molecule has 0 saturated carbocycles. The summed E-state index contributed by atoms with van der Waals surface area (Å²) in [5.74, 6) is -0.250. The number of anilines is 2. The van der Waals surface area contributed by atoms with Crippen molar-refractivity contribution in [3.63, 3.8) is 0 Å². The fourth-order valence-corrected chi connectivity index (χ4v) is 6.56. The van der Waals surface area contributed by atoms with Gasteiger partial charge in [0.15, 0.2) is 0 Å². The number of rotatable bonds is 2. The Labute approximate surface area is 197 Å². The molecule has 0 saturated heterocycles. The second kappa shape index (κ2) is 7.95. The molecule has 32 heavy (non-hydrogen) atoms. The molecule has 0 atom stereocenters. The molecule has 2 aliphatic heterocycles. The third-order valence-electron chi connectivity index (χ3n) is 5.43. The monoisotopic (exact) mass is 482 g/mol. The number of hydrogen-bond donors (Lipinski definition) is 0. The van der Waals surface area contributed by atoms with Gasteiger partial charge in [-0.15, -0.1) is 11.3 Å². The highest BCUT2D eigenvalue weighted by molar-refractivity contribution is 8.08. The number of hydrogen-bond acceptors (Lipinski definition) is 6. The first-order chi connectivity index (χ1) is 15.4. The van der Waals surface area contributed by atoms with Crippen LogP contribution < -0.4 is 24.7 Å². The standard InChI is InChI=1S/C23H19ClN4O2S2/c1-4-27-21(30)19(23-26(3)16-7-5-6-8-17(16)31-23)32-22(27)18-13(2)25-28(20(18)29)15-11-9-14(24)10-12-15/h5-12H,4H2,1-3H3/b22-18+,23-19+. The van der Waals surface area contributed by atoms with Crippen LogP contribution >= 0.6 is 34.7 Å².